The highest BCUT2D eigenvalue weighted by atomic mass is 35.5. The first-order chi connectivity index (χ1) is 8.72. The van der Waals surface area contributed by atoms with E-state index in [0.29, 0.717) is 11.9 Å². The molecule has 0 radical (unpaired) electrons. The number of halogens is 1. The van der Waals surface area contributed by atoms with Gasteiger partial charge < -0.3 is 5.32 Å². The zero-order chi connectivity index (χ0) is 13.0. The molecule has 0 saturated heterocycles. The topological polar surface area (TPSA) is 29.1 Å². The van der Waals surface area contributed by atoms with Crippen LogP contribution in [0, 0.1) is 5.92 Å². The number of carbonyl (C=O) groups excluding carboxylic acids is 1. The fourth-order valence-electron chi connectivity index (χ4n) is 2.10. The Kier molecular flexibility index (Phi) is 4.65. The van der Waals surface area contributed by atoms with E-state index >= 15 is 0 Å². The minimum atomic E-state index is 0.0311. The van der Waals surface area contributed by atoms with E-state index in [-0.39, 0.29) is 5.91 Å². The molecule has 1 aromatic carbocycles. The summed E-state index contributed by atoms with van der Waals surface area (Å²) in [6, 6.07) is 7.82. The van der Waals surface area contributed by atoms with E-state index in [1.165, 1.54) is 12.8 Å². The Balaban J connectivity index is 1.91. The second-order valence-corrected chi connectivity index (χ2v) is 5.36. The van der Waals surface area contributed by atoms with Crippen LogP contribution < -0.4 is 5.32 Å². The standard InChI is InChI=1S/C15H20ClNO/c1-2-14(9-11-3-4-11)17-15(18)13-7-5-12(10-16)6-8-13/h5-8,11,14H,2-4,9-10H2,1H3,(H,17,18). The van der Waals surface area contributed by atoms with Crippen LogP contribution in [0.3, 0.4) is 0 Å². The van der Waals surface area contributed by atoms with Crippen LogP contribution in [0.5, 0.6) is 0 Å². The van der Waals surface area contributed by atoms with Gasteiger partial charge in [-0.05, 0) is 36.5 Å². The number of carbonyl (C=O) groups is 1. The van der Waals surface area contributed by atoms with Crippen LogP contribution in [0.1, 0.15) is 48.5 Å². The van der Waals surface area contributed by atoms with Gasteiger partial charge in [0.1, 0.15) is 0 Å². The molecule has 0 aliphatic heterocycles. The monoisotopic (exact) mass is 265 g/mol. The van der Waals surface area contributed by atoms with Crippen molar-refractivity contribution in [2.75, 3.05) is 0 Å². The Morgan fingerprint density at radius 1 is 1.39 bits per heavy atom. The van der Waals surface area contributed by atoms with Crippen LogP contribution in [0.15, 0.2) is 24.3 Å². The van der Waals surface area contributed by atoms with Crippen molar-refractivity contribution < 1.29 is 4.79 Å². The lowest BCUT2D eigenvalue weighted by Crippen LogP contribution is -2.34. The van der Waals surface area contributed by atoms with Gasteiger partial charge in [0, 0.05) is 17.5 Å². The Bertz CT molecular complexity index is 397. The van der Waals surface area contributed by atoms with Crippen molar-refractivity contribution in [3.8, 4) is 0 Å². The summed E-state index contributed by atoms with van der Waals surface area (Å²) in [5.41, 5.74) is 1.76. The first-order valence-corrected chi connectivity index (χ1v) is 7.22. The summed E-state index contributed by atoms with van der Waals surface area (Å²) < 4.78 is 0. The molecule has 1 fully saturated rings. The summed E-state index contributed by atoms with van der Waals surface area (Å²) in [5.74, 6) is 1.36. The zero-order valence-electron chi connectivity index (χ0n) is 10.8. The van der Waals surface area contributed by atoms with Crippen LogP contribution in [-0.4, -0.2) is 11.9 Å². The fraction of sp³-hybridized carbons (Fsp3) is 0.533. The maximum Gasteiger partial charge on any atom is 0.251 e. The Hall–Kier alpha value is -1.02. The molecule has 0 heterocycles. The summed E-state index contributed by atoms with van der Waals surface area (Å²) in [7, 11) is 0. The largest absolute Gasteiger partial charge is 0.349 e. The zero-order valence-corrected chi connectivity index (χ0v) is 11.5. The van der Waals surface area contributed by atoms with Gasteiger partial charge in [-0.1, -0.05) is 31.9 Å². The molecular formula is C15H20ClNO. The maximum absolute atomic E-state index is 12.1. The van der Waals surface area contributed by atoms with Gasteiger partial charge >= 0.3 is 0 Å². The number of amides is 1. The summed E-state index contributed by atoms with van der Waals surface area (Å²) >= 11 is 5.73. The van der Waals surface area contributed by atoms with Gasteiger partial charge in [0.25, 0.3) is 5.91 Å². The van der Waals surface area contributed by atoms with Gasteiger partial charge in [0.2, 0.25) is 0 Å². The molecule has 1 amide bonds. The van der Waals surface area contributed by atoms with Crippen LogP contribution in [0.2, 0.25) is 0 Å². The van der Waals surface area contributed by atoms with E-state index in [9.17, 15) is 4.79 Å². The van der Waals surface area contributed by atoms with E-state index in [2.05, 4.69) is 12.2 Å². The highest BCUT2D eigenvalue weighted by Crippen LogP contribution is 2.34. The Morgan fingerprint density at radius 2 is 2.06 bits per heavy atom. The van der Waals surface area contributed by atoms with E-state index in [1.807, 2.05) is 24.3 Å². The Labute approximate surface area is 114 Å². The number of rotatable bonds is 6. The summed E-state index contributed by atoms with van der Waals surface area (Å²) in [5, 5.41) is 3.12. The lowest BCUT2D eigenvalue weighted by molar-refractivity contribution is 0.0932. The quantitative estimate of drug-likeness (QED) is 0.780. The normalized spacial score (nSPS) is 16.3. The van der Waals surface area contributed by atoms with Crippen LogP contribution in [0.4, 0.5) is 0 Å². The van der Waals surface area contributed by atoms with Crippen LogP contribution >= 0.6 is 11.6 Å². The molecule has 0 aromatic heterocycles. The summed E-state index contributed by atoms with van der Waals surface area (Å²) in [6.07, 6.45) is 4.79. The van der Waals surface area contributed by atoms with Crippen LogP contribution in [0.25, 0.3) is 0 Å². The fourth-order valence-corrected chi connectivity index (χ4v) is 2.28. The third-order valence-electron chi connectivity index (χ3n) is 3.51. The smallest absolute Gasteiger partial charge is 0.251 e. The third kappa shape index (κ3) is 3.74. The van der Waals surface area contributed by atoms with Crippen molar-refractivity contribution >= 4 is 17.5 Å². The molecule has 98 valence electrons. The molecule has 1 saturated carbocycles. The molecule has 1 N–H and O–H groups in total. The van der Waals surface area contributed by atoms with Crippen molar-refractivity contribution in [1.82, 2.24) is 5.32 Å². The van der Waals surface area contributed by atoms with Gasteiger partial charge in [-0.2, -0.15) is 0 Å². The molecule has 0 spiro atoms. The average molecular weight is 266 g/mol. The van der Waals surface area contributed by atoms with Gasteiger partial charge in [-0.15, -0.1) is 11.6 Å². The lowest BCUT2D eigenvalue weighted by atomic mass is 10.1. The minimum absolute atomic E-state index is 0.0311. The number of nitrogens with one attached hydrogen (secondary N) is 1. The van der Waals surface area contributed by atoms with E-state index in [1.54, 1.807) is 0 Å². The molecule has 0 bridgehead atoms. The van der Waals surface area contributed by atoms with Crippen LogP contribution in [-0.2, 0) is 5.88 Å². The lowest BCUT2D eigenvalue weighted by Gasteiger charge is -2.16. The second kappa shape index (κ2) is 6.24. The second-order valence-electron chi connectivity index (χ2n) is 5.09. The van der Waals surface area contributed by atoms with E-state index < -0.39 is 0 Å². The predicted octanol–water partition coefficient (Wildman–Crippen LogP) is 3.73. The first kappa shape index (κ1) is 13.4. The van der Waals surface area contributed by atoms with Gasteiger partial charge in [0.05, 0.1) is 0 Å². The molecule has 1 aliphatic rings. The molecule has 1 atom stereocenters. The van der Waals surface area contributed by atoms with Gasteiger partial charge in [0.15, 0.2) is 0 Å². The Morgan fingerprint density at radius 3 is 2.56 bits per heavy atom. The number of benzene rings is 1. The first-order valence-electron chi connectivity index (χ1n) is 6.68. The maximum atomic E-state index is 12.1. The van der Waals surface area contributed by atoms with Crippen molar-refractivity contribution in [1.29, 1.82) is 0 Å². The molecule has 1 aliphatic carbocycles. The summed E-state index contributed by atoms with van der Waals surface area (Å²) in [6.45, 7) is 2.13. The SMILES string of the molecule is CCC(CC1CC1)NC(=O)c1ccc(CCl)cc1. The number of hydrogen-bond acceptors (Lipinski definition) is 1. The number of alkyl halides is 1. The molecule has 2 nitrogen and oxygen atoms in total. The van der Waals surface area contributed by atoms with Crippen molar-refractivity contribution in [2.24, 2.45) is 5.92 Å². The van der Waals surface area contributed by atoms with Crippen molar-refractivity contribution in [2.45, 2.75) is 44.5 Å². The van der Waals surface area contributed by atoms with Crippen molar-refractivity contribution in [3.63, 3.8) is 0 Å². The number of hydrogen-bond donors (Lipinski definition) is 1. The molecule has 1 aromatic rings. The van der Waals surface area contributed by atoms with Gasteiger partial charge in [-0.3, -0.25) is 4.79 Å². The molecular weight excluding hydrogens is 246 g/mol. The molecule has 1 unspecified atom stereocenters. The molecule has 18 heavy (non-hydrogen) atoms. The van der Waals surface area contributed by atoms with Gasteiger partial charge in [-0.25, -0.2) is 0 Å². The van der Waals surface area contributed by atoms with E-state index in [0.717, 1.165) is 29.9 Å². The minimum Gasteiger partial charge on any atom is -0.349 e. The highest BCUT2D eigenvalue weighted by Gasteiger charge is 2.25. The average Bonchev–Trinajstić information content (AvgIpc) is 3.22. The molecule has 2 rings (SSSR count). The van der Waals surface area contributed by atoms with E-state index in [4.69, 9.17) is 11.6 Å². The summed E-state index contributed by atoms with van der Waals surface area (Å²) in [4.78, 5) is 12.1. The highest BCUT2D eigenvalue weighted by molar-refractivity contribution is 6.17. The molecule has 3 heteroatoms. The third-order valence-corrected chi connectivity index (χ3v) is 3.82. The van der Waals surface area contributed by atoms with Crippen molar-refractivity contribution in [3.05, 3.63) is 35.4 Å². The predicted molar refractivity (Wildman–Crippen MR) is 74.9 cm³/mol.